The fraction of sp³-hybridized carbons (Fsp3) is 0. The number of benzene rings is 2. The number of nitrogen functional groups attached to an aromatic ring is 1. The Morgan fingerprint density at radius 2 is 1.94 bits per heavy atom. The number of rotatable bonds is 2. The number of nitrogens with zero attached hydrogens (tertiary/aromatic N) is 1. The normalized spacial score (nSPS) is 10.7. The molecular formula is C13H10FN3O. The molecule has 2 aromatic carbocycles. The number of oxazole rings is 1. The molecular weight excluding hydrogens is 233 g/mol. The van der Waals surface area contributed by atoms with Gasteiger partial charge in [-0.1, -0.05) is 18.2 Å². The molecule has 0 saturated carbocycles. The van der Waals surface area contributed by atoms with E-state index in [1.165, 1.54) is 6.07 Å². The van der Waals surface area contributed by atoms with Gasteiger partial charge in [0.2, 0.25) is 0 Å². The number of fused-ring (bicyclic) bond motifs is 1. The Morgan fingerprint density at radius 1 is 1.11 bits per heavy atom. The van der Waals surface area contributed by atoms with Crippen molar-refractivity contribution in [2.75, 3.05) is 11.1 Å². The zero-order chi connectivity index (χ0) is 12.5. The van der Waals surface area contributed by atoms with Crippen LogP contribution in [0, 0.1) is 5.82 Å². The van der Waals surface area contributed by atoms with Gasteiger partial charge in [-0.25, -0.2) is 4.39 Å². The van der Waals surface area contributed by atoms with Crippen molar-refractivity contribution in [1.82, 2.24) is 4.98 Å². The first-order valence-corrected chi connectivity index (χ1v) is 5.40. The quantitative estimate of drug-likeness (QED) is 0.678. The summed E-state index contributed by atoms with van der Waals surface area (Å²) in [6.07, 6.45) is 0. The fourth-order valence-electron chi connectivity index (χ4n) is 1.70. The molecule has 3 rings (SSSR count). The van der Waals surface area contributed by atoms with Crippen LogP contribution in [-0.4, -0.2) is 4.98 Å². The predicted molar refractivity (Wildman–Crippen MR) is 68.1 cm³/mol. The molecule has 0 unspecified atom stereocenters. The maximum atomic E-state index is 13.5. The largest absolute Gasteiger partial charge is 0.423 e. The van der Waals surface area contributed by atoms with E-state index in [1.807, 2.05) is 0 Å². The first-order valence-electron chi connectivity index (χ1n) is 5.40. The van der Waals surface area contributed by atoms with Gasteiger partial charge in [0.1, 0.15) is 11.3 Å². The third kappa shape index (κ3) is 1.75. The minimum atomic E-state index is -0.368. The molecule has 18 heavy (non-hydrogen) atoms. The highest BCUT2D eigenvalue weighted by molar-refractivity contribution is 5.86. The van der Waals surface area contributed by atoms with Crippen LogP contribution in [0.2, 0.25) is 0 Å². The summed E-state index contributed by atoms with van der Waals surface area (Å²) in [5.74, 6) is -0.368. The molecule has 0 spiro atoms. The maximum Gasteiger partial charge on any atom is 0.300 e. The van der Waals surface area contributed by atoms with Gasteiger partial charge >= 0.3 is 0 Å². The lowest BCUT2D eigenvalue weighted by molar-refractivity contribution is 0.611. The second-order valence-electron chi connectivity index (χ2n) is 3.82. The molecule has 0 radical (unpaired) electrons. The number of anilines is 3. The molecule has 0 aliphatic heterocycles. The van der Waals surface area contributed by atoms with Crippen LogP contribution in [0.4, 0.5) is 21.8 Å². The molecule has 0 aliphatic carbocycles. The summed E-state index contributed by atoms with van der Waals surface area (Å²) in [5.41, 5.74) is 7.73. The van der Waals surface area contributed by atoms with E-state index in [1.54, 1.807) is 36.4 Å². The summed E-state index contributed by atoms with van der Waals surface area (Å²) >= 11 is 0. The van der Waals surface area contributed by atoms with E-state index < -0.39 is 0 Å². The predicted octanol–water partition coefficient (Wildman–Crippen LogP) is 3.29. The Morgan fingerprint density at radius 3 is 2.72 bits per heavy atom. The van der Waals surface area contributed by atoms with E-state index in [4.69, 9.17) is 10.2 Å². The second kappa shape index (κ2) is 4.03. The summed E-state index contributed by atoms with van der Waals surface area (Å²) < 4.78 is 18.9. The average molecular weight is 243 g/mol. The Balaban J connectivity index is 2.01. The molecule has 3 N–H and O–H groups in total. The SMILES string of the molecule is Nc1cccc2oc(Nc3ccccc3F)nc12. The van der Waals surface area contributed by atoms with Gasteiger partial charge in [0, 0.05) is 0 Å². The third-order valence-electron chi connectivity index (χ3n) is 2.57. The van der Waals surface area contributed by atoms with Crippen LogP contribution >= 0.6 is 0 Å². The Bertz CT molecular complexity index is 708. The van der Waals surface area contributed by atoms with Crippen molar-refractivity contribution in [3.05, 3.63) is 48.3 Å². The van der Waals surface area contributed by atoms with E-state index in [9.17, 15) is 4.39 Å². The Kier molecular flexibility index (Phi) is 2.37. The molecule has 3 aromatic rings. The molecule has 0 bridgehead atoms. The molecule has 90 valence electrons. The molecule has 4 nitrogen and oxygen atoms in total. The van der Waals surface area contributed by atoms with Crippen LogP contribution in [0.15, 0.2) is 46.9 Å². The van der Waals surface area contributed by atoms with Crippen molar-refractivity contribution >= 4 is 28.5 Å². The third-order valence-corrected chi connectivity index (χ3v) is 2.57. The highest BCUT2D eigenvalue weighted by Gasteiger charge is 2.09. The molecule has 0 amide bonds. The molecule has 0 fully saturated rings. The lowest BCUT2D eigenvalue weighted by atomic mass is 10.3. The summed E-state index contributed by atoms with van der Waals surface area (Å²) in [6.45, 7) is 0. The van der Waals surface area contributed by atoms with Crippen LogP contribution in [0.3, 0.4) is 0 Å². The van der Waals surface area contributed by atoms with Crippen LogP contribution in [0.1, 0.15) is 0 Å². The lowest BCUT2D eigenvalue weighted by Gasteiger charge is -2.01. The topological polar surface area (TPSA) is 64.1 Å². The number of halogens is 1. The van der Waals surface area contributed by atoms with E-state index in [0.29, 0.717) is 22.5 Å². The summed E-state index contributed by atoms with van der Waals surface area (Å²) in [6, 6.07) is 11.8. The fourth-order valence-corrected chi connectivity index (χ4v) is 1.70. The number of nitrogens with one attached hydrogen (secondary N) is 1. The summed E-state index contributed by atoms with van der Waals surface area (Å²) in [4.78, 5) is 4.18. The number of hydrogen-bond donors (Lipinski definition) is 2. The molecule has 0 saturated heterocycles. The van der Waals surface area contributed by atoms with Crippen LogP contribution in [-0.2, 0) is 0 Å². The van der Waals surface area contributed by atoms with E-state index >= 15 is 0 Å². The van der Waals surface area contributed by atoms with Gasteiger partial charge in [-0.05, 0) is 24.3 Å². The zero-order valence-corrected chi connectivity index (χ0v) is 9.35. The highest BCUT2D eigenvalue weighted by Crippen LogP contribution is 2.26. The average Bonchev–Trinajstić information content (AvgIpc) is 2.76. The molecule has 0 atom stereocenters. The van der Waals surface area contributed by atoms with Gasteiger partial charge < -0.3 is 15.5 Å². The number of para-hydroxylation sites is 2. The van der Waals surface area contributed by atoms with Gasteiger partial charge in [-0.15, -0.1) is 0 Å². The minimum absolute atomic E-state index is 0.216. The lowest BCUT2D eigenvalue weighted by Crippen LogP contribution is -1.93. The van der Waals surface area contributed by atoms with Gasteiger partial charge in [0.25, 0.3) is 6.01 Å². The van der Waals surface area contributed by atoms with Crippen molar-refractivity contribution in [2.24, 2.45) is 0 Å². The van der Waals surface area contributed by atoms with Crippen LogP contribution in [0.25, 0.3) is 11.1 Å². The van der Waals surface area contributed by atoms with Gasteiger partial charge in [-0.3, -0.25) is 0 Å². The monoisotopic (exact) mass is 243 g/mol. The van der Waals surface area contributed by atoms with E-state index in [0.717, 1.165) is 0 Å². The maximum absolute atomic E-state index is 13.5. The van der Waals surface area contributed by atoms with Gasteiger partial charge in [-0.2, -0.15) is 4.98 Å². The van der Waals surface area contributed by atoms with Crippen molar-refractivity contribution in [1.29, 1.82) is 0 Å². The Hall–Kier alpha value is -2.56. The zero-order valence-electron chi connectivity index (χ0n) is 9.35. The Labute approximate surface area is 102 Å². The summed E-state index contributed by atoms with van der Waals surface area (Å²) in [7, 11) is 0. The number of aromatic nitrogens is 1. The van der Waals surface area contributed by atoms with Crippen molar-refractivity contribution in [3.8, 4) is 0 Å². The van der Waals surface area contributed by atoms with Crippen molar-refractivity contribution in [2.45, 2.75) is 0 Å². The number of hydrogen-bond acceptors (Lipinski definition) is 4. The smallest absolute Gasteiger partial charge is 0.300 e. The van der Waals surface area contributed by atoms with Crippen LogP contribution < -0.4 is 11.1 Å². The highest BCUT2D eigenvalue weighted by atomic mass is 19.1. The van der Waals surface area contributed by atoms with Crippen LogP contribution in [0.5, 0.6) is 0 Å². The van der Waals surface area contributed by atoms with E-state index in [2.05, 4.69) is 10.3 Å². The molecule has 5 heteroatoms. The minimum Gasteiger partial charge on any atom is -0.423 e. The molecule has 1 heterocycles. The first-order chi connectivity index (χ1) is 8.74. The second-order valence-corrected chi connectivity index (χ2v) is 3.82. The van der Waals surface area contributed by atoms with Gasteiger partial charge in [0.05, 0.1) is 11.4 Å². The molecule has 0 aliphatic rings. The summed E-state index contributed by atoms with van der Waals surface area (Å²) in [5, 5.41) is 2.78. The van der Waals surface area contributed by atoms with Crippen molar-refractivity contribution in [3.63, 3.8) is 0 Å². The van der Waals surface area contributed by atoms with Gasteiger partial charge in [0.15, 0.2) is 5.58 Å². The number of nitrogens with two attached hydrogens (primary N) is 1. The van der Waals surface area contributed by atoms with Crippen molar-refractivity contribution < 1.29 is 8.81 Å². The molecule has 1 aromatic heterocycles. The van der Waals surface area contributed by atoms with E-state index in [-0.39, 0.29) is 11.8 Å². The standard InChI is InChI=1S/C13H10FN3O/c14-8-4-1-2-6-10(8)16-13-17-12-9(15)5-3-7-11(12)18-13/h1-7H,15H2,(H,16,17). The first kappa shape index (κ1) is 10.6.